The Kier molecular flexibility index (Phi) is 6.07. The standard InChI is InChI=1S/C8H16N2OS2/c1-6(2)10(4-7(9)12)8(11)5-13-3/h6H,4-5H2,1-3H3,(H2,9,12). The van der Waals surface area contributed by atoms with E-state index in [-0.39, 0.29) is 11.9 Å². The Balaban J connectivity index is 4.24. The molecular formula is C8H16N2OS2. The van der Waals surface area contributed by atoms with Crippen LogP contribution in [0.1, 0.15) is 13.8 Å². The normalized spacial score (nSPS) is 10.2. The van der Waals surface area contributed by atoms with E-state index >= 15 is 0 Å². The third-order valence-corrected chi connectivity index (χ3v) is 2.20. The fourth-order valence-electron chi connectivity index (χ4n) is 0.933. The van der Waals surface area contributed by atoms with Crippen LogP contribution in [0.5, 0.6) is 0 Å². The Labute approximate surface area is 89.0 Å². The summed E-state index contributed by atoms with van der Waals surface area (Å²) in [4.78, 5) is 13.6. The minimum absolute atomic E-state index is 0.0929. The number of carbonyl (C=O) groups is 1. The van der Waals surface area contributed by atoms with E-state index in [2.05, 4.69) is 0 Å². The van der Waals surface area contributed by atoms with Crippen LogP contribution in [0, 0.1) is 0 Å². The number of rotatable bonds is 5. The smallest absolute Gasteiger partial charge is 0.233 e. The molecule has 0 aliphatic heterocycles. The highest BCUT2D eigenvalue weighted by atomic mass is 32.2. The molecule has 1 amide bonds. The lowest BCUT2D eigenvalue weighted by Crippen LogP contribution is -2.43. The van der Waals surface area contributed by atoms with Crippen molar-refractivity contribution >= 4 is 34.9 Å². The lowest BCUT2D eigenvalue weighted by Gasteiger charge is -2.25. The van der Waals surface area contributed by atoms with E-state index in [0.717, 1.165) is 0 Å². The molecule has 0 rings (SSSR count). The summed E-state index contributed by atoms with van der Waals surface area (Å²) < 4.78 is 0. The summed E-state index contributed by atoms with van der Waals surface area (Å²) in [6.07, 6.45) is 1.90. The molecule has 3 nitrogen and oxygen atoms in total. The maximum atomic E-state index is 11.5. The van der Waals surface area contributed by atoms with E-state index < -0.39 is 0 Å². The summed E-state index contributed by atoms with van der Waals surface area (Å²) in [6, 6.07) is 0.154. The minimum atomic E-state index is 0.0929. The summed E-state index contributed by atoms with van der Waals surface area (Å²) in [5.41, 5.74) is 5.40. The van der Waals surface area contributed by atoms with Crippen molar-refractivity contribution in [1.29, 1.82) is 0 Å². The first-order chi connectivity index (χ1) is 5.99. The maximum Gasteiger partial charge on any atom is 0.233 e. The van der Waals surface area contributed by atoms with Gasteiger partial charge in [-0.05, 0) is 20.1 Å². The fourth-order valence-corrected chi connectivity index (χ4v) is 1.48. The molecule has 2 N–H and O–H groups in total. The SMILES string of the molecule is CSCC(=O)N(CC(N)=S)C(C)C. The molecule has 0 aliphatic rings. The molecule has 76 valence electrons. The Hall–Kier alpha value is -0.290. The van der Waals surface area contributed by atoms with E-state index in [1.54, 1.807) is 4.90 Å². The van der Waals surface area contributed by atoms with Gasteiger partial charge in [-0.2, -0.15) is 11.8 Å². The summed E-state index contributed by atoms with van der Waals surface area (Å²) in [5.74, 6) is 0.580. The number of nitrogens with two attached hydrogens (primary N) is 1. The third-order valence-electron chi connectivity index (χ3n) is 1.54. The van der Waals surface area contributed by atoms with Gasteiger partial charge >= 0.3 is 0 Å². The molecule has 0 heterocycles. The number of hydrogen-bond donors (Lipinski definition) is 1. The van der Waals surface area contributed by atoms with Crippen LogP contribution in [0.4, 0.5) is 0 Å². The molecule has 0 bridgehead atoms. The third kappa shape index (κ3) is 5.10. The van der Waals surface area contributed by atoms with E-state index in [1.807, 2.05) is 20.1 Å². The maximum absolute atomic E-state index is 11.5. The van der Waals surface area contributed by atoms with Gasteiger partial charge in [-0.25, -0.2) is 0 Å². The van der Waals surface area contributed by atoms with Gasteiger partial charge in [-0.1, -0.05) is 12.2 Å². The van der Waals surface area contributed by atoms with Gasteiger partial charge in [0.2, 0.25) is 5.91 Å². The number of thiocarbonyl (C=S) groups is 1. The zero-order valence-corrected chi connectivity index (χ0v) is 9.87. The first-order valence-corrected chi connectivity index (χ1v) is 5.86. The summed E-state index contributed by atoms with van der Waals surface area (Å²) in [7, 11) is 0. The molecule has 0 fully saturated rings. The molecular weight excluding hydrogens is 204 g/mol. The zero-order valence-electron chi connectivity index (χ0n) is 8.24. The highest BCUT2D eigenvalue weighted by Crippen LogP contribution is 2.03. The highest BCUT2D eigenvalue weighted by Gasteiger charge is 2.16. The average Bonchev–Trinajstić information content (AvgIpc) is 1.99. The Morgan fingerprint density at radius 3 is 2.46 bits per heavy atom. The molecule has 0 radical (unpaired) electrons. The van der Waals surface area contributed by atoms with Crippen molar-refractivity contribution in [2.45, 2.75) is 19.9 Å². The van der Waals surface area contributed by atoms with Gasteiger partial charge < -0.3 is 10.6 Å². The van der Waals surface area contributed by atoms with Gasteiger partial charge in [0.1, 0.15) is 0 Å². The van der Waals surface area contributed by atoms with Gasteiger partial charge in [-0.3, -0.25) is 4.79 Å². The molecule has 5 heteroatoms. The van der Waals surface area contributed by atoms with Crippen LogP contribution >= 0.6 is 24.0 Å². The average molecular weight is 220 g/mol. The van der Waals surface area contributed by atoms with Gasteiger partial charge in [0.25, 0.3) is 0 Å². The molecule has 0 aromatic rings. The highest BCUT2D eigenvalue weighted by molar-refractivity contribution is 7.99. The monoisotopic (exact) mass is 220 g/mol. The second-order valence-corrected chi connectivity index (χ2v) is 4.41. The summed E-state index contributed by atoms with van der Waals surface area (Å²) in [5, 5.41) is 0. The van der Waals surface area contributed by atoms with Crippen LogP contribution in [0.15, 0.2) is 0 Å². The van der Waals surface area contributed by atoms with Crippen LogP contribution < -0.4 is 5.73 Å². The molecule has 13 heavy (non-hydrogen) atoms. The van der Waals surface area contributed by atoms with Crippen LogP contribution in [-0.2, 0) is 4.79 Å². The largest absolute Gasteiger partial charge is 0.392 e. The predicted molar refractivity (Wildman–Crippen MR) is 62.0 cm³/mol. The van der Waals surface area contributed by atoms with Gasteiger partial charge in [-0.15, -0.1) is 0 Å². The van der Waals surface area contributed by atoms with Crippen LogP contribution in [-0.4, -0.2) is 40.4 Å². The molecule has 0 saturated carbocycles. The summed E-state index contributed by atoms with van der Waals surface area (Å²) >= 11 is 6.28. The van der Waals surface area contributed by atoms with Crippen molar-refractivity contribution in [3.05, 3.63) is 0 Å². The van der Waals surface area contributed by atoms with Crippen LogP contribution in [0.3, 0.4) is 0 Å². The fraction of sp³-hybridized carbons (Fsp3) is 0.750. The molecule has 0 unspecified atom stereocenters. The molecule has 0 atom stereocenters. The van der Waals surface area contributed by atoms with Crippen LogP contribution in [0.2, 0.25) is 0 Å². The topological polar surface area (TPSA) is 46.3 Å². The van der Waals surface area contributed by atoms with Crippen molar-refractivity contribution in [3.63, 3.8) is 0 Å². The zero-order chi connectivity index (χ0) is 10.4. The van der Waals surface area contributed by atoms with Crippen LogP contribution in [0.25, 0.3) is 0 Å². The summed E-state index contributed by atoms with van der Waals surface area (Å²) in [6.45, 7) is 4.29. The van der Waals surface area contributed by atoms with Crippen molar-refractivity contribution in [2.75, 3.05) is 18.6 Å². The number of carbonyl (C=O) groups excluding carboxylic acids is 1. The molecule has 0 aliphatic carbocycles. The Morgan fingerprint density at radius 1 is 1.62 bits per heavy atom. The molecule has 0 saturated heterocycles. The first kappa shape index (κ1) is 12.7. The van der Waals surface area contributed by atoms with Gasteiger partial charge in [0.05, 0.1) is 17.3 Å². The lowest BCUT2D eigenvalue weighted by molar-refractivity contribution is -0.129. The lowest BCUT2D eigenvalue weighted by atomic mass is 10.3. The van der Waals surface area contributed by atoms with E-state index in [1.165, 1.54) is 11.8 Å². The second kappa shape index (κ2) is 6.21. The van der Waals surface area contributed by atoms with E-state index in [4.69, 9.17) is 18.0 Å². The van der Waals surface area contributed by atoms with Crippen molar-refractivity contribution in [3.8, 4) is 0 Å². The number of hydrogen-bond acceptors (Lipinski definition) is 3. The first-order valence-electron chi connectivity index (χ1n) is 4.05. The Morgan fingerprint density at radius 2 is 2.15 bits per heavy atom. The quantitative estimate of drug-likeness (QED) is 0.699. The van der Waals surface area contributed by atoms with Gasteiger partial charge in [0, 0.05) is 6.04 Å². The molecule has 0 spiro atoms. The number of thioether (sulfide) groups is 1. The second-order valence-electron chi connectivity index (χ2n) is 3.01. The Bertz CT molecular complexity index is 195. The number of amides is 1. The number of nitrogens with zero attached hydrogens (tertiary/aromatic N) is 1. The minimum Gasteiger partial charge on any atom is -0.392 e. The van der Waals surface area contributed by atoms with Crippen molar-refractivity contribution in [2.24, 2.45) is 5.73 Å². The predicted octanol–water partition coefficient (Wildman–Crippen LogP) is 0.873. The van der Waals surface area contributed by atoms with Crippen molar-refractivity contribution < 1.29 is 4.79 Å². The molecule has 0 aromatic carbocycles. The van der Waals surface area contributed by atoms with Crippen molar-refractivity contribution in [1.82, 2.24) is 4.90 Å². The van der Waals surface area contributed by atoms with E-state index in [9.17, 15) is 4.79 Å². The van der Waals surface area contributed by atoms with Gasteiger partial charge in [0.15, 0.2) is 0 Å². The molecule has 0 aromatic heterocycles. The van der Waals surface area contributed by atoms with E-state index in [0.29, 0.717) is 17.3 Å².